The van der Waals surface area contributed by atoms with Crippen LogP contribution in [0.4, 0.5) is 5.69 Å². The molecule has 2 aliphatic rings. The first-order valence-corrected chi connectivity index (χ1v) is 8.88. The first-order valence-electron chi connectivity index (χ1n) is 8.09. The number of hydrogen-bond acceptors (Lipinski definition) is 3. The Morgan fingerprint density at radius 3 is 2.57 bits per heavy atom. The van der Waals surface area contributed by atoms with Crippen molar-refractivity contribution in [2.24, 2.45) is 0 Å². The third-order valence-electron chi connectivity index (χ3n) is 4.97. The molecule has 2 bridgehead atoms. The van der Waals surface area contributed by atoms with Gasteiger partial charge in [0.1, 0.15) is 0 Å². The number of rotatable bonds is 4. The average molecular weight is 353 g/mol. The number of anilines is 1. The standard InChI is InChI=1S/C17H25BrN2O/c1-3-19-11(2)12-4-7-17(16(18)8-12)20-13-5-6-14(20)10-15(21)9-13/h4,7-8,11,13-15,19,21H,3,5-6,9-10H2,1-2H3. The maximum Gasteiger partial charge on any atom is 0.0579 e. The van der Waals surface area contributed by atoms with Crippen molar-refractivity contribution in [1.82, 2.24) is 5.32 Å². The predicted octanol–water partition coefficient (Wildman–Crippen LogP) is 3.61. The summed E-state index contributed by atoms with van der Waals surface area (Å²) in [5, 5.41) is 13.4. The topological polar surface area (TPSA) is 35.5 Å². The van der Waals surface area contributed by atoms with Crippen LogP contribution in [0.5, 0.6) is 0 Å². The van der Waals surface area contributed by atoms with Gasteiger partial charge in [0.05, 0.1) is 11.8 Å². The number of nitrogens with one attached hydrogen (secondary N) is 1. The van der Waals surface area contributed by atoms with Gasteiger partial charge in [0.15, 0.2) is 0 Å². The Labute approximate surface area is 135 Å². The van der Waals surface area contributed by atoms with Gasteiger partial charge in [-0.25, -0.2) is 0 Å². The van der Waals surface area contributed by atoms with E-state index in [1.165, 1.54) is 28.6 Å². The van der Waals surface area contributed by atoms with Crippen LogP contribution in [-0.4, -0.2) is 29.8 Å². The van der Waals surface area contributed by atoms with Gasteiger partial charge in [-0.05, 0) is 72.8 Å². The van der Waals surface area contributed by atoms with Crippen LogP contribution < -0.4 is 10.2 Å². The van der Waals surface area contributed by atoms with Crippen molar-refractivity contribution in [1.29, 1.82) is 0 Å². The van der Waals surface area contributed by atoms with Gasteiger partial charge in [-0.2, -0.15) is 0 Å². The van der Waals surface area contributed by atoms with Gasteiger partial charge in [0, 0.05) is 22.6 Å². The number of halogens is 1. The van der Waals surface area contributed by atoms with Crippen LogP contribution in [0.15, 0.2) is 22.7 Å². The molecule has 0 amide bonds. The monoisotopic (exact) mass is 352 g/mol. The molecule has 0 spiro atoms. The molecule has 3 unspecified atom stereocenters. The molecule has 2 heterocycles. The lowest BCUT2D eigenvalue weighted by atomic mass is 9.98. The number of aliphatic hydroxyl groups excluding tert-OH is 1. The molecule has 116 valence electrons. The molecule has 0 aromatic heterocycles. The third kappa shape index (κ3) is 2.99. The van der Waals surface area contributed by atoms with Crippen LogP contribution in [0.2, 0.25) is 0 Å². The summed E-state index contributed by atoms with van der Waals surface area (Å²) in [6.07, 6.45) is 4.15. The SMILES string of the molecule is CCNC(C)c1ccc(N2C3CCC2CC(O)C3)c(Br)c1. The molecule has 2 aliphatic heterocycles. The van der Waals surface area contributed by atoms with E-state index in [1.807, 2.05) is 0 Å². The highest BCUT2D eigenvalue weighted by Crippen LogP contribution is 2.42. The molecule has 0 aliphatic carbocycles. The molecule has 1 aromatic rings. The zero-order valence-corrected chi connectivity index (χ0v) is 14.4. The molecule has 1 aromatic carbocycles. The van der Waals surface area contributed by atoms with Crippen LogP contribution in [-0.2, 0) is 0 Å². The van der Waals surface area contributed by atoms with Gasteiger partial charge >= 0.3 is 0 Å². The Balaban J connectivity index is 1.83. The molecular formula is C17H25BrN2O. The fraction of sp³-hybridized carbons (Fsp3) is 0.647. The number of benzene rings is 1. The Morgan fingerprint density at radius 2 is 2.00 bits per heavy atom. The van der Waals surface area contributed by atoms with E-state index in [9.17, 15) is 5.11 Å². The summed E-state index contributed by atoms with van der Waals surface area (Å²) < 4.78 is 1.18. The van der Waals surface area contributed by atoms with Crippen LogP contribution in [0.25, 0.3) is 0 Å². The fourth-order valence-corrected chi connectivity index (χ4v) is 4.57. The molecule has 2 N–H and O–H groups in total. The zero-order chi connectivity index (χ0) is 15.0. The summed E-state index contributed by atoms with van der Waals surface area (Å²) in [5.41, 5.74) is 2.61. The van der Waals surface area contributed by atoms with E-state index in [4.69, 9.17) is 0 Å². The van der Waals surface area contributed by atoms with Crippen molar-refractivity contribution in [3.8, 4) is 0 Å². The van der Waals surface area contributed by atoms with Crippen molar-refractivity contribution in [3.63, 3.8) is 0 Å². The lowest BCUT2D eigenvalue weighted by molar-refractivity contribution is 0.126. The van der Waals surface area contributed by atoms with Crippen molar-refractivity contribution in [3.05, 3.63) is 28.2 Å². The maximum absolute atomic E-state index is 9.95. The number of nitrogens with zero attached hydrogens (tertiary/aromatic N) is 1. The molecule has 3 atom stereocenters. The lowest BCUT2D eigenvalue weighted by Gasteiger charge is -2.39. The molecule has 4 heteroatoms. The van der Waals surface area contributed by atoms with Gasteiger partial charge in [0.25, 0.3) is 0 Å². The number of fused-ring (bicyclic) bond motifs is 2. The van der Waals surface area contributed by atoms with E-state index in [1.54, 1.807) is 0 Å². The minimum absolute atomic E-state index is 0.106. The molecular weight excluding hydrogens is 328 g/mol. The van der Waals surface area contributed by atoms with Crippen LogP contribution >= 0.6 is 15.9 Å². The van der Waals surface area contributed by atoms with E-state index in [0.29, 0.717) is 18.1 Å². The smallest absolute Gasteiger partial charge is 0.0579 e. The molecule has 21 heavy (non-hydrogen) atoms. The molecule has 3 rings (SSSR count). The summed E-state index contributed by atoms with van der Waals surface area (Å²) in [5.74, 6) is 0. The van der Waals surface area contributed by atoms with Crippen molar-refractivity contribution in [2.75, 3.05) is 11.4 Å². The molecule has 3 nitrogen and oxygen atoms in total. The highest BCUT2D eigenvalue weighted by atomic mass is 79.9. The Hall–Kier alpha value is -0.580. The second kappa shape index (κ2) is 6.27. The van der Waals surface area contributed by atoms with Gasteiger partial charge in [-0.3, -0.25) is 0 Å². The minimum atomic E-state index is -0.106. The summed E-state index contributed by atoms with van der Waals surface area (Å²) >= 11 is 3.77. The van der Waals surface area contributed by atoms with Crippen molar-refractivity contribution in [2.45, 2.75) is 63.8 Å². The third-order valence-corrected chi connectivity index (χ3v) is 5.60. The minimum Gasteiger partial charge on any atom is -0.393 e. The second-order valence-corrected chi connectivity index (χ2v) is 7.26. The Kier molecular flexibility index (Phi) is 4.57. The van der Waals surface area contributed by atoms with Crippen LogP contribution in [0.1, 0.15) is 51.1 Å². The van der Waals surface area contributed by atoms with E-state index in [0.717, 1.165) is 19.4 Å². The van der Waals surface area contributed by atoms with Crippen molar-refractivity contribution < 1.29 is 5.11 Å². The van der Waals surface area contributed by atoms with Crippen molar-refractivity contribution >= 4 is 21.6 Å². The van der Waals surface area contributed by atoms with Gasteiger partial charge < -0.3 is 15.3 Å². The summed E-state index contributed by atoms with van der Waals surface area (Å²) in [6, 6.07) is 8.11. The largest absolute Gasteiger partial charge is 0.393 e. The summed E-state index contributed by atoms with van der Waals surface area (Å²) in [6.45, 7) is 5.32. The molecule has 0 saturated carbocycles. The predicted molar refractivity (Wildman–Crippen MR) is 90.8 cm³/mol. The van der Waals surface area contributed by atoms with Crippen LogP contribution in [0, 0.1) is 0 Å². The highest BCUT2D eigenvalue weighted by molar-refractivity contribution is 9.10. The first kappa shape index (κ1) is 15.3. The summed E-state index contributed by atoms with van der Waals surface area (Å²) in [4.78, 5) is 2.54. The second-order valence-electron chi connectivity index (χ2n) is 6.41. The van der Waals surface area contributed by atoms with Gasteiger partial charge in [0.2, 0.25) is 0 Å². The molecule has 0 radical (unpaired) electrons. The molecule has 2 fully saturated rings. The average Bonchev–Trinajstić information content (AvgIpc) is 2.71. The Bertz CT molecular complexity index is 494. The highest BCUT2D eigenvalue weighted by Gasteiger charge is 2.40. The van der Waals surface area contributed by atoms with E-state index in [-0.39, 0.29) is 6.10 Å². The fourth-order valence-electron chi connectivity index (χ4n) is 3.97. The Morgan fingerprint density at radius 1 is 1.33 bits per heavy atom. The first-order chi connectivity index (χ1) is 10.1. The van der Waals surface area contributed by atoms with Gasteiger partial charge in [-0.1, -0.05) is 13.0 Å². The normalized spacial score (nSPS) is 29.7. The van der Waals surface area contributed by atoms with E-state index >= 15 is 0 Å². The number of aliphatic hydroxyl groups is 1. The van der Waals surface area contributed by atoms with Crippen LogP contribution in [0.3, 0.4) is 0 Å². The van der Waals surface area contributed by atoms with E-state index in [2.05, 4.69) is 58.2 Å². The zero-order valence-electron chi connectivity index (χ0n) is 12.8. The maximum atomic E-state index is 9.95. The lowest BCUT2D eigenvalue weighted by Crippen LogP contribution is -2.45. The summed E-state index contributed by atoms with van der Waals surface area (Å²) in [7, 11) is 0. The quantitative estimate of drug-likeness (QED) is 0.868. The van der Waals surface area contributed by atoms with E-state index < -0.39 is 0 Å². The number of piperidine rings is 1. The number of hydrogen-bond donors (Lipinski definition) is 2. The molecule has 2 saturated heterocycles. The van der Waals surface area contributed by atoms with Gasteiger partial charge in [-0.15, -0.1) is 0 Å².